The number of rotatable bonds is 4. The van der Waals surface area contributed by atoms with Gasteiger partial charge in [-0.2, -0.15) is 0 Å². The number of nitrogens with zero attached hydrogens (tertiary/aromatic N) is 4. The highest BCUT2D eigenvalue weighted by molar-refractivity contribution is 5.63. The number of benzene rings is 2. The molecule has 1 N–H and O–H groups in total. The molecule has 0 unspecified atom stereocenters. The first-order chi connectivity index (χ1) is 13.9. The third-order valence-corrected chi connectivity index (χ3v) is 6.04. The van der Waals surface area contributed by atoms with E-state index in [-0.39, 0.29) is 0 Å². The third-order valence-electron chi connectivity index (χ3n) is 6.04. The molecule has 0 bridgehead atoms. The molecule has 0 atom stereocenters. The van der Waals surface area contributed by atoms with Crippen molar-refractivity contribution >= 4 is 0 Å². The second-order valence-corrected chi connectivity index (χ2v) is 7.92. The number of nitrogens with one attached hydrogen (secondary N) is 1. The second kappa shape index (κ2) is 7.86. The van der Waals surface area contributed by atoms with E-state index in [1.807, 2.05) is 0 Å². The molecule has 0 amide bonds. The van der Waals surface area contributed by atoms with Crippen molar-refractivity contribution in [2.45, 2.75) is 38.4 Å². The summed E-state index contributed by atoms with van der Waals surface area (Å²) < 4.78 is 2.35. The maximum atomic E-state index is 4.53. The first kappa shape index (κ1) is 17.6. The molecule has 5 rings (SSSR count). The van der Waals surface area contributed by atoms with Gasteiger partial charge in [0, 0.05) is 25.6 Å². The van der Waals surface area contributed by atoms with Crippen LogP contribution in [-0.2, 0) is 19.6 Å². The Bertz CT molecular complexity index is 925. The summed E-state index contributed by atoms with van der Waals surface area (Å²) in [5.41, 5.74) is 3.98. The van der Waals surface area contributed by atoms with Crippen LogP contribution >= 0.6 is 0 Å². The second-order valence-electron chi connectivity index (χ2n) is 7.92. The average Bonchev–Trinajstić information content (AvgIpc) is 3.19. The van der Waals surface area contributed by atoms with Gasteiger partial charge in [-0.25, -0.2) is 0 Å². The lowest BCUT2D eigenvalue weighted by atomic mass is 9.95. The molecule has 2 aromatic carbocycles. The van der Waals surface area contributed by atoms with Crippen molar-refractivity contribution < 1.29 is 0 Å². The molecule has 3 aromatic rings. The fourth-order valence-electron chi connectivity index (χ4n) is 4.50. The minimum Gasteiger partial charge on any atom is -0.312 e. The van der Waals surface area contributed by atoms with Crippen LogP contribution in [0.1, 0.15) is 36.0 Å². The summed E-state index contributed by atoms with van der Waals surface area (Å²) >= 11 is 0. The lowest BCUT2D eigenvalue weighted by Crippen LogP contribution is -2.34. The van der Waals surface area contributed by atoms with Crippen LogP contribution in [0.2, 0.25) is 0 Å². The number of fused-ring (bicyclic) bond motifs is 1. The van der Waals surface area contributed by atoms with Crippen LogP contribution in [0, 0.1) is 0 Å². The zero-order chi connectivity index (χ0) is 18.8. The maximum Gasteiger partial charge on any atom is 0.147 e. The van der Waals surface area contributed by atoms with Gasteiger partial charge in [-0.05, 0) is 48.7 Å². The van der Waals surface area contributed by atoms with Crippen LogP contribution in [0.5, 0.6) is 0 Å². The van der Waals surface area contributed by atoms with Crippen LogP contribution in [0.3, 0.4) is 0 Å². The van der Waals surface area contributed by atoms with Crippen LogP contribution in [0.25, 0.3) is 11.1 Å². The molecule has 144 valence electrons. The maximum absolute atomic E-state index is 4.53. The largest absolute Gasteiger partial charge is 0.312 e. The summed E-state index contributed by atoms with van der Waals surface area (Å²) in [7, 11) is 0. The van der Waals surface area contributed by atoms with Gasteiger partial charge in [0.1, 0.15) is 11.6 Å². The Balaban J connectivity index is 1.23. The minimum atomic E-state index is 0.547. The first-order valence-corrected chi connectivity index (χ1v) is 10.4. The predicted molar refractivity (Wildman–Crippen MR) is 111 cm³/mol. The van der Waals surface area contributed by atoms with E-state index >= 15 is 0 Å². The Hall–Kier alpha value is -2.50. The lowest BCUT2D eigenvalue weighted by molar-refractivity contribution is 0.199. The summed E-state index contributed by atoms with van der Waals surface area (Å²) in [6, 6.07) is 19.6. The molecule has 0 radical (unpaired) electrons. The number of likely N-dealkylation sites (tertiary alicyclic amines) is 1. The van der Waals surface area contributed by atoms with Crippen molar-refractivity contribution in [3.8, 4) is 11.1 Å². The van der Waals surface area contributed by atoms with Gasteiger partial charge in [-0.15, -0.1) is 10.2 Å². The molecule has 0 spiro atoms. The lowest BCUT2D eigenvalue weighted by Gasteiger charge is -2.32. The summed E-state index contributed by atoms with van der Waals surface area (Å²) in [6.07, 6.45) is 2.34. The van der Waals surface area contributed by atoms with Crippen LogP contribution < -0.4 is 5.32 Å². The van der Waals surface area contributed by atoms with E-state index in [1.54, 1.807) is 0 Å². The van der Waals surface area contributed by atoms with Gasteiger partial charge in [0.25, 0.3) is 0 Å². The molecule has 2 aliphatic rings. The Morgan fingerprint density at radius 3 is 2.57 bits per heavy atom. The number of aromatic nitrogens is 3. The van der Waals surface area contributed by atoms with Crippen molar-refractivity contribution in [2.24, 2.45) is 0 Å². The molecular weight excluding hydrogens is 346 g/mol. The van der Waals surface area contributed by atoms with E-state index in [2.05, 4.69) is 79.6 Å². The fourth-order valence-corrected chi connectivity index (χ4v) is 4.50. The van der Waals surface area contributed by atoms with E-state index < -0.39 is 0 Å². The van der Waals surface area contributed by atoms with Crippen LogP contribution in [0.15, 0.2) is 54.6 Å². The Morgan fingerprint density at radius 1 is 0.893 bits per heavy atom. The summed E-state index contributed by atoms with van der Waals surface area (Å²) in [5, 5.41) is 12.3. The number of hydrogen-bond acceptors (Lipinski definition) is 4. The normalized spacial score (nSPS) is 18.1. The third kappa shape index (κ3) is 3.60. The monoisotopic (exact) mass is 373 g/mol. The predicted octanol–water partition coefficient (Wildman–Crippen LogP) is 3.43. The summed E-state index contributed by atoms with van der Waals surface area (Å²) in [5.74, 6) is 2.86. The zero-order valence-corrected chi connectivity index (χ0v) is 16.2. The highest BCUT2D eigenvalue weighted by atomic mass is 15.3. The van der Waals surface area contributed by atoms with Gasteiger partial charge in [0.15, 0.2) is 0 Å². The Morgan fingerprint density at radius 2 is 1.71 bits per heavy atom. The van der Waals surface area contributed by atoms with E-state index in [9.17, 15) is 0 Å². The molecule has 3 heterocycles. The van der Waals surface area contributed by atoms with Crippen molar-refractivity contribution in [2.75, 3.05) is 19.6 Å². The van der Waals surface area contributed by atoms with Crippen LogP contribution in [0.4, 0.5) is 0 Å². The van der Waals surface area contributed by atoms with E-state index in [0.29, 0.717) is 5.92 Å². The van der Waals surface area contributed by atoms with Crippen molar-refractivity contribution in [3.05, 3.63) is 71.8 Å². The van der Waals surface area contributed by atoms with E-state index in [4.69, 9.17) is 0 Å². The van der Waals surface area contributed by atoms with Gasteiger partial charge in [-0.3, -0.25) is 4.90 Å². The van der Waals surface area contributed by atoms with Crippen molar-refractivity contribution in [1.29, 1.82) is 0 Å². The molecule has 2 aliphatic heterocycles. The first-order valence-electron chi connectivity index (χ1n) is 10.4. The molecule has 1 saturated heterocycles. The van der Waals surface area contributed by atoms with Crippen molar-refractivity contribution in [3.63, 3.8) is 0 Å². The van der Waals surface area contributed by atoms with Gasteiger partial charge < -0.3 is 9.88 Å². The van der Waals surface area contributed by atoms with Gasteiger partial charge >= 0.3 is 0 Å². The molecular formula is C23H27N5. The zero-order valence-electron chi connectivity index (χ0n) is 16.2. The smallest absolute Gasteiger partial charge is 0.147 e. The molecule has 0 aliphatic carbocycles. The van der Waals surface area contributed by atoms with Crippen LogP contribution in [-0.4, -0.2) is 39.3 Å². The summed E-state index contributed by atoms with van der Waals surface area (Å²) in [6.45, 7) is 6.15. The highest BCUT2D eigenvalue weighted by Gasteiger charge is 2.27. The quantitative estimate of drug-likeness (QED) is 0.761. The number of piperidine rings is 1. The topological polar surface area (TPSA) is 46.0 Å². The Kier molecular flexibility index (Phi) is 4.93. The number of hydrogen-bond donors (Lipinski definition) is 1. The van der Waals surface area contributed by atoms with Crippen molar-refractivity contribution in [1.82, 2.24) is 25.0 Å². The SMILES string of the molecule is c1ccc(-c2cccc(CN3CCC(c4nnc5n4CCNC5)CC3)c2)cc1. The molecule has 28 heavy (non-hydrogen) atoms. The van der Waals surface area contributed by atoms with Gasteiger partial charge in [0.05, 0.1) is 6.54 Å². The molecule has 5 nitrogen and oxygen atoms in total. The van der Waals surface area contributed by atoms with E-state index in [0.717, 1.165) is 45.1 Å². The van der Waals surface area contributed by atoms with Gasteiger partial charge in [-0.1, -0.05) is 48.5 Å². The fraction of sp³-hybridized carbons (Fsp3) is 0.391. The standard InChI is InChI=1S/C23H27N5/c1-2-6-19(7-3-1)21-8-4-5-18(15-21)17-27-12-9-20(10-13-27)23-26-25-22-16-24-11-14-28(22)23/h1-8,15,20,24H,9-14,16-17H2. The molecule has 5 heteroatoms. The van der Waals surface area contributed by atoms with Gasteiger partial charge in [0.2, 0.25) is 0 Å². The molecule has 0 saturated carbocycles. The Labute approximate surface area is 166 Å². The molecule has 1 fully saturated rings. The average molecular weight is 374 g/mol. The minimum absolute atomic E-state index is 0.547. The highest BCUT2D eigenvalue weighted by Crippen LogP contribution is 2.29. The van der Waals surface area contributed by atoms with E-state index in [1.165, 1.54) is 35.4 Å². The summed E-state index contributed by atoms with van der Waals surface area (Å²) in [4.78, 5) is 2.58. The molecule has 1 aromatic heterocycles.